The maximum Gasteiger partial charge on any atom is 0.255 e. The highest BCUT2D eigenvalue weighted by molar-refractivity contribution is 7.13. The van der Waals surface area contributed by atoms with Gasteiger partial charge >= 0.3 is 0 Å². The number of benzene rings is 1. The third kappa shape index (κ3) is 3.90. The molecule has 0 fully saturated rings. The summed E-state index contributed by atoms with van der Waals surface area (Å²) in [5, 5.41) is 12.7. The van der Waals surface area contributed by atoms with E-state index in [1.807, 2.05) is 53.2 Å². The number of carbonyl (C=O) groups excluding carboxylic acids is 1. The molecule has 5 nitrogen and oxygen atoms in total. The molecule has 0 spiro atoms. The smallest absolute Gasteiger partial charge is 0.255 e. The number of thiophene rings is 1. The Labute approximate surface area is 171 Å². The summed E-state index contributed by atoms with van der Waals surface area (Å²) in [5.74, 6) is 0.244. The van der Waals surface area contributed by atoms with Crippen LogP contribution in [-0.4, -0.2) is 20.7 Å². The summed E-state index contributed by atoms with van der Waals surface area (Å²) in [5.41, 5.74) is 3.05. The molecular weight excluding hydrogens is 388 g/mol. The lowest BCUT2D eigenvalue weighted by molar-refractivity contribution is 0.0951. The summed E-state index contributed by atoms with van der Waals surface area (Å²) in [4.78, 5) is 18.5. The van der Waals surface area contributed by atoms with Gasteiger partial charge in [-0.1, -0.05) is 38.1 Å². The number of nitrogens with zero attached hydrogens (tertiary/aromatic N) is 3. The van der Waals surface area contributed by atoms with E-state index >= 15 is 0 Å². The third-order valence-corrected chi connectivity index (χ3v) is 6.30. The van der Waals surface area contributed by atoms with Crippen molar-refractivity contribution in [1.82, 2.24) is 20.1 Å². The first-order valence-corrected chi connectivity index (χ1v) is 10.8. The zero-order valence-corrected chi connectivity index (χ0v) is 17.3. The highest BCUT2D eigenvalue weighted by Gasteiger charge is 2.19. The monoisotopic (exact) mass is 408 g/mol. The lowest BCUT2D eigenvalue weighted by Gasteiger charge is -2.03. The molecule has 1 N–H and O–H groups in total. The highest BCUT2D eigenvalue weighted by Crippen LogP contribution is 2.28. The largest absolute Gasteiger partial charge is 0.346 e. The molecule has 0 radical (unpaired) electrons. The van der Waals surface area contributed by atoms with Crippen molar-refractivity contribution in [3.63, 3.8) is 0 Å². The van der Waals surface area contributed by atoms with Gasteiger partial charge < -0.3 is 5.32 Å². The maximum atomic E-state index is 12.9. The summed E-state index contributed by atoms with van der Waals surface area (Å²) < 4.78 is 1.75. The standard InChI is InChI=1S/C21H20N4OS2/c1-14(2)21-23-15(13-28-21)11-22-20(26)17-12-25(16-7-4-3-5-8-16)24-19(17)18-9-6-10-27-18/h3-10,12-14H,11H2,1-2H3,(H,22,26). The second-order valence-corrected chi connectivity index (χ2v) is 8.50. The van der Waals surface area contributed by atoms with Gasteiger partial charge in [0.25, 0.3) is 5.91 Å². The fourth-order valence-electron chi connectivity index (χ4n) is 2.78. The number of hydrogen-bond donors (Lipinski definition) is 1. The van der Waals surface area contributed by atoms with Crippen molar-refractivity contribution in [2.45, 2.75) is 26.3 Å². The fraction of sp³-hybridized carbons (Fsp3) is 0.190. The third-order valence-electron chi connectivity index (χ3n) is 4.23. The van der Waals surface area contributed by atoms with E-state index in [4.69, 9.17) is 0 Å². The van der Waals surface area contributed by atoms with Gasteiger partial charge in [-0.05, 0) is 23.6 Å². The molecule has 4 rings (SSSR count). The summed E-state index contributed by atoms with van der Waals surface area (Å²) in [6.45, 7) is 4.64. The molecule has 4 aromatic rings. The van der Waals surface area contributed by atoms with Crippen molar-refractivity contribution in [2.75, 3.05) is 0 Å². The summed E-state index contributed by atoms with van der Waals surface area (Å²) in [6, 6.07) is 13.7. The van der Waals surface area contributed by atoms with Crippen molar-refractivity contribution >= 4 is 28.6 Å². The van der Waals surface area contributed by atoms with Crippen LogP contribution >= 0.6 is 22.7 Å². The Morgan fingerprint density at radius 1 is 1.14 bits per heavy atom. The van der Waals surface area contributed by atoms with Crippen molar-refractivity contribution in [1.29, 1.82) is 0 Å². The number of hydrogen-bond acceptors (Lipinski definition) is 5. The van der Waals surface area contributed by atoms with E-state index in [9.17, 15) is 4.79 Å². The number of thiazole rings is 1. The Balaban J connectivity index is 1.60. The first-order chi connectivity index (χ1) is 13.6. The Kier molecular flexibility index (Phi) is 5.36. The topological polar surface area (TPSA) is 59.8 Å². The van der Waals surface area contributed by atoms with Crippen LogP contribution in [0.15, 0.2) is 59.4 Å². The van der Waals surface area contributed by atoms with Crippen molar-refractivity contribution in [3.8, 4) is 16.3 Å². The maximum absolute atomic E-state index is 12.9. The molecule has 0 aliphatic heterocycles. The molecule has 3 heterocycles. The average Bonchev–Trinajstić information content (AvgIpc) is 3.46. The molecule has 28 heavy (non-hydrogen) atoms. The van der Waals surface area contributed by atoms with Gasteiger partial charge in [0.2, 0.25) is 0 Å². The second kappa shape index (κ2) is 8.08. The first kappa shape index (κ1) is 18.6. The van der Waals surface area contributed by atoms with Gasteiger partial charge in [-0.15, -0.1) is 22.7 Å². The van der Waals surface area contributed by atoms with Crippen LogP contribution < -0.4 is 5.32 Å². The Morgan fingerprint density at radius 3 is 2.64 bits per heavy atom. The van der Waals surface area contributed by atoms with Gasteiger partial charge in [-0.3, -0.25) is 4.79 Å². The van der Waals surface area contributed by atoms with Crippen molar-refractivity contribution in [3.05, 3.63) is 75.7 Å². The minimum atomic E-state index is -0.148. The van der Waals surface area contributed by atoms with Crippen LogP contribution in [0.4, 0.5) is 0 Å². The molecule has 142 valence electrons. The predicted molar refractivity (Wildman–Crippen MR) is 114 cm³/mol. The van der Waals surface area contributed by atoms with Crippen LogP contribution in [0.3, 0.4) is 0 Å². The molecule has 0 atom stereocenters. The van der Waals surface area contributed by atoms with Crippen LogP contribution in [0, 0.1) is 0 Å². The molecule has 3 aromatic heterocycles. The van der Waals surface area contributed by atoms with Gasteiger partial charge in [0.05, 0.1) is 33.4 Å². The molecule has 0 unspecified atom stereocenters. The van der Waals surface area contributed by atoms with Gasteiger partial charge in [0.1, 0.15) is 5.69 Å². The molecular formula is C21H20N4OS2. The number of nitrogens with one attached hydrogen (secondary N) is 1. The zero-order valence-electron chi connectivity index (χ0n) is 15.6. The Hall–Kier alpha value is -2.77. The van der Waals surface area contributed by atoms with Crippen LogP contribution in [0.2, 0.25) is 0 Å². The normalized spacial score (nSPS) is 11.1. The highest BCUT2D eigenvalue weighted by atomic mass is 32.1. The van der Waals surface area contributed by atoms with Gasteiger partial charge in [0, 0.05) is 17.5 Å². The van der Waals surface area contributed by atoms with E-state index in [0.29, 0.717) is 23.7 Å². The molecule has 1 aromatic carbocycles. The predicted octanol–water partition coefficient (Wildman–Crippen LogP) is 5.11. The summed E-state index contributed by atoms with van der Waals surface area (Å²) >= 11 is 3.20. The Bertz CT molecular complexity index is 1070. The molecule has 0 aliphatic rings. The second-order valence-electron chi connectivity index (χ2n) is 6.66. The fourth-order valence-corrected chi connectivity index (χ4v) is 4.34. The average molecular weight is 409 g/mol. The molecule has 0 bridgehead atoms. The summed E-state index contributed by atoms with van der Waals surface area (Å²) in [6.07, 6.45) is 1.79. The minimum absolute atomic E-state index is 0.148. The van der Waals surface area contributed by atoms with E-state index in [-0.39, 0.29) is 5.91 Å². The quantitative estimate of drug-likeness (QED) is 0.482. The molecule has 0 saturated heterocycles. The summed E-state index contributed by atoms with van der Waals surface area (Å²) in [7, 11) is 0. The molecule has 0 saturated carbocycles. The van der Waals surface area contributed by atoms with Crippen molar-refractivity contribution < 1.29 is 4.79 Å². The number of carbonyl (C=O) groups is 1. The van der Waals surface area contributed by atoms with Crippen LogP contribution in [0.5, 0.6) is 0 Å². The molecule has 0 aliphatic carbocycles. The Morgan fingerprint density at radius 2 is 1.96 bits per heavy atom. The number of amides is 1. The van der Waals surface area contributed by atoms with E-state index < -0.39 is 0 Å². The van der Waals surface area contributed by atoms with E-state index in [1.54, 1.807) is 33.6 Å². The van der Waals surface area contributed by atoms with E-state index in [0.717, 1.165) is 21.3 Å². The molecule has 7 heteroatoms. The lowest BCUT2D eigenvalue weighted by atomic mass is 10.2. The van der Waals surface area contributed by atoms with Crippen LogP contribution in [0.25, 0.3) is 16.3 Å². The van der Waals surface area contributed by atoms with Crippen molar-refractivity contribution in [2.24, 2.45) is 0 Å². The molecule has 1 amide bonds. The SMILES string of the molecule is CC(C)c1nc(CNC(=O)c2cn(-c3ccccc3)nc2-c2cccs2)cs1. The van der Waals surface area contributed by atoms with Crippen LogP contribution in [-0.2, 0) is 6.54 Å². The zero-order chi connectivity index (χ0) is 19.5. The number of aromatic nitrogens is 3. The van der Waals surface area contributed by atoms with Gasteiger partial charge in [0.15, 0.2) is 0 Å². The number of rotatable bonds is 6. The van der Waals surface area contributed by atoms with Gasteiger partial charge in [-0.2, -0.15) is 5.10 Å². The van der Waals surface area contributed by atoms with E-state index in [2.05, 4.69) is 29.2 Å². The number of para-hydroxylation sites is 1. The van der Waals surface area contributed by atoms with Gasteiger partial charge in [-0.25, -0.2) is 9.67 Å². The minimum Gasteiger partial charge on any atom is -0.346 e. The van der Waals surface area contributed by atoms with E-state index in [1.165, 1.54) is 0 Å². The first-order valence-electron chi connectivity index (χ1n) is 9.03. The van der Waals surface area contributed by atoms with Crippen LogP contribution in [0.1, 0.15) is 40.8 Å². The lowest BCUT2D eigenvalue weighted by Crippen LogP contribution is -2.23.